The van der Waals surface area contributed by atoms with Gasteiger partial charge in [-0.1, -0.05) is 25.5 Å². The molecule has 3 aromatic heterocycles. The molecule has 4 heterocycles. The molecule has 4 aromatic rings. The van der Waals surface area contributed by atoms with Crippen LogP contribution in [0.3, 0.4) is 0 Å². The molecule has 35 heavy (non-hydrogen) atoms. The van der Waals surface area contributed by atoms with E-state index in [9.17, 15) is 9.59 Å². The minimum atomic E-state index is -0.00676. The largest absolute Gasteiger partial charge is 0.368 e. The van der Waals surface area contributed by atoms with Crippen molar-refractivity contribution >= 4 is 38.9 Å². The molecule has 5 rings (SSSR count). The SMILES string of the molecule is CCCCn1c(=O)c2sccc2n2c(CCC(=O)N3CCN(c4cccc(C)c4C)CC3)nnc12. The van der Waals surface area contributed by atoms with Crippen LogP contribution in [0.2, 0.25) is 0 Å². The summed E-state index contributed by atoms with van der Waals surface area (Å²) in [5.41, 5.74) is 4.69. The monoisotopic (exact) mass is 492 g/mol. The number of hydrogen-bond acceptors (Lipinski definition) is 6. The van der Waals surface area contributed by atoms with E-state index in [1.807, 2.05) is 20.7 Å². The second-order valence-corrected chi connectivity index (χ2v) is 10.2. The molecule has 0 bridgehead atoms. The van der Waals surface area contributed by atoms with Crippen molar-refractivity contribution in [2.45, 2.75) is 53.0 Å². The van der Waals surface area contributed by atoms with Crippen LogP contribution >= 0.6 is 11.3 Å². The fraction of sp³-hybridized carbons (Fsp3) is 0.462. The molecular weight excluding hydrogens is 460 g/mol. The van der Waals surface area contributed by atoms with Crippen molar-refractivity contribution in [3.63, 3.8) is 0 Å². The Morgan fingerprint density at radius 2 is 1.89 bits per heavy atom. The first-order chi connectivity index (χ1) is 17.0. The predicted octanol–water partition coefficient (Wildman–Crippen LogP) is 3.80. The van der Waals surface area contributed by atoms with Gasteiger partial charge in [-0.2, -0.15) is 0 Å². The van der Waals surface area contributed by atoms with Crippen LogP contribution in [0.25, 0.3) is 16.0 Å². The van der Waals surface area contributed by atoms with E-state index in [1.165, 1.54) is 28.2 Å². The molecule has 0 atom stereocenters. The second-order valence-electron chi connectivity index (χ2n) is 9.28. The lowest BCUT2D eigenvalue weighted by atomic mass is 10.1. The number of carbonyl (C=O) groups excluding carboxylic acids is 1. The molecule has 0 spiro atoms. The fourth-order valence-corrected chi connectivity index (χ4v) is 5.74. The van der Waals surface area contributed by atoms with Crippen molar-refractivity contribution in [2.24, 2.45) is 0 Å². The van der Waals surface area contributed by atoms with Crippen molar-refractivity contribution in [3.05, 3.63) is 57.0 Å². The number of nitrogens with zero attached hydrogens (tertiary/aromatic N) is 6. The van der Waals surface area contributed by atoms with Crippen LogP contribution < -0.4 is 10.5 Å². The number of piperazine rings is 1. The van der Waals surface area contributed by atoms with Gasteiger partial charge in [-0.3, -0.25) is 18.6 Å². The number of aromatic nitrogens is 4. The van der Waals surface area contributed by atoms with Crippen molar-refractivity contribution in [1.29, 1.82) is 0 Å². The Hall–Kier alpha value is -3.20. The zero-order chi connectivity index (χ0) is 24.5. The van der Waals surface area contributed by atoms with Crippen LogP contribution in [0.15, 0.2) is 34.4 Å². The molecule has 184 valence electrons. The average molecular weight is 493 g/mol. The third-order valence-corrected chi connectivity index (χ3v) is 8.02. The van der Waals surface area contributed by atoms with Crippen LogP contribution in [0.5, 0.6) is 0 Å². The summed E-state index contributed by atoms with van der Waals surface area (Å²) in [5.74, 6) is 1.44. The van der Waals surface area contributed by atoms with Crippen molar-refractivity contribution < 1.29 is 4.79 Å². The molecule has 1 aliphatic heterocycles. The summed E-state index contributed by atoms with van der Waals surface area (Å²) in [7, 11) is 0. The smallest absolute Gasteiger partial charge is 0.272 e. The zero-order valence-electron chi connectivity index (χ0n) is 20.7. The number of carbonyl (C=O) groups is 1. The summed E-state index contributed by atoms with van der Waals surface area (Å²) < 4.78 is 4.41. The Kier molecular flexibility index (Phi) is 6.60. The van der Waals surface area contributed by atoms with E-state index in [0.717, 1.165) is 50.4 Å². The van der Waals surface area contributed by atoms with Crippen LogP contribution in [-0.4, -0.2) is 56.2 Å². The maximum absolute atomic E-state index is 13.1. The molecule has 1 aromatic carbocycles. The lowest BCUT2D eigenvalue weighted by molar-refractivity contribution is -0.131. The molecule has 0 saturated carbocycles. The molecule has 9 heteroatoms. The quantitative estimate of drug-likeness (QED) is 0.392. The highest BCUT2D eigenvalue weighted by Gasteiger charge is 2.23. The summed E-state index contributed by atoms with van der Waals surface area (Å²) in [6.07, 6.45) is 2.77. The Morgan fingerprint density at radius 3 is 2.66 bits per heavy atom. The number of amides is 1. The van der Waals surface area contributed by atoms with Gasteiger partial charge in [0.25, 0.3) is 5.56 Å². The molecular formula is C26H32N6O2S. The molecule has 8 nitrogen and oxygen atoms in total. The third kappa shape index (κ3) is 4.33. The average Bonchev–Trinajstić information content (AvgIpc) is 3.52. The van der Waals surface area contributed by atoms with Crippen LogP contribution in [0.4, 0.5) is 5.69 Å². The number of rotatable bonds is 7. The molecule has 0 aliphatic carbocycles. The minimum absolute atomic E-state index is 0.00676. The number of benzene rings is 1. The van der Waals surface area contributed by atoms with Gasteiger partial charge in [-0.15, -0.1) is 21.5 Å². The van der Waals surface area contributed by atoms with Crippen molar-refractivity contribution in [1.82, 2.24) is 24.1 Å². The Balaban J connectivity index is 1.29. The Bertz CT molecular complexity index is 1430. The normalized spacial score (nSPS) is 14.4. The minimum Gasteiger partial charge on any atom is -0.368 e. The first kappa shape index (κ1) is 23.5. The van der Waals surface area contributed by atoms with Gasteiger partial charge in [0, 0.05) is 51.3 Å². The van der Waals surface area contributed by atoms with E-state index in [2.05, 4.69) is 54.1 Å². The first-order valence-corrected chi connectivity index (χ1v) is 13.3. The van der Waals surface area contributed by atoms with Gasteiger partial charge in [0.05, 0.1) is 5.52 Å². The second kappa shape index (κ2) is 9.81. The number of aryl methyl sites for hydroxylation is 3. The van der Waals surface area contributed by atoms with E-state index < -0.39 is 0 Å². The highest BCUT2D eigenvalue weighted by atomic mass is 32.1. The van der Waals surface area contributed by atoms with Crippen LogP contribution in [0, 0.1) is 13.8 Å². The summed E-state index contributed by atoms with van der Waals surface area (Å²) in [5, 5.41) is 10.7. The molecule has 1 fully saturated rings. The van der Waals surface area contributed by atoms with Crippen LogP contribution in [0.1, 0.15) is 43.1 Å². The van der Waals surface area contributed by atoms with Crippen LogP contribution in [-0.2, 0) is 17.8 Å². The van der Waals surface area contributed by atoms with Gasteiger partial charge in [0.15, 0.2) is 0 Å². The van der Waals surface area contributed by atoms with Gasteiger partial charge in [0.2, 0.25) is 11.7 Å². The van der Waals surface area contributed by atoms with E-state index in [0.29, 0.717) is 29.9 Å². The van der Waals surface area contributed by atoms with E-state index in [4.69, 9.17) is 0 Å². The number of unbranched alkanes of at least 4 members (excludes halogenated alkanes) is 1. The summed E-state index contributed by atoms with van der Waals surface area (Å²) in [6.45, 7) is 10.1. The molecule has 1 saturated heterocycles. The number of anilines is 1. The van der Waals surface area contributed by atoms with E-state index >= 15 is 0 Å². The van der Waals surface area contributed by atoms with Gasteiger partial charge >= 0.3 is 0 Å². The fourth-order valence-electron chi connectivity index (χ4n) is 4.91. The maximum Gasteiger partial charge on any atom is 0.272 e. The van der Waals surface area contributed by atoms with Gasteiger partial charge in [-0.25, -0.2) is 0 Å². The zero-order valence-corrected chi connectivity index (χ0v) is 21.5. The molecule has 0 N–H and O–H groups in total. The summed E-state index contributed by atoms with van der Waals surface area (Å²) in [6, 6.07) is 8.35. The summed E-state index contributed by atoms with van der Waals surface area (Å²) >= 11 is 1.45. The lowest BCUT2D eigenvalue weighted by Gasteiger charge is -2.37. The summed E-state index contributed by atoms with van der Waals surface area (Å²) in [4.78, 5) is 30.4. The number of fused-ring (bicyclic) bond motifs is 3. The molecule has 0 radical (unpaired) electrons. The Morgan fingerprint density at radius 1 is 1.09 bits per heavy atom. The first-order valence-electron chi connectivity index (χ1n) is 12.4. The standard InChI is InChI=1S/C26H32N6O2S/c1-4-5-12-31-25(34)24-21(11-17-35-24)32-22(27-28-26(31)32)9-10-23(33)30-15-13-29(14-16-30)20-8-6-7-18(2)19(20)3/h6-8,11,17H,4-5,9-10,12-16H2,1-3H3. The molecule has 1 amide bonds. The number of thiophene rings is 1. The lowest BCUT2D eigenvalue weighted by Crippen LogP contribution is -2.49. The van der Waals surface area contributed by atoms with Gasteiger partial charge in [0.1, 0.15) is 10.5 Å². The van der Waals surface area contributed by atoms with Gasteiger partial charge < -0.3 is 9.80 Å². The van der Waals surface area contributed by atoms with Crippen molar-refractivity contribution in [2.75, 3.05) is 31.1 Å². The van der Waals surface area contributed by atoms with E-state index in [-0.39, 0.29) is 11.5 Å². The maximum atomic E-state index is 13.1. The predicted molar refractivity (Wildman–Crippen MR) is 141 cm³/mol. The van der Waals surface area contributed by atoms with Gasteiger partial charge in [-0.05, 0) is 48.9 Å². The highest BCUT2D eigenvalue weighted by molar-refractivity contribution is 7.17. The van der Waals surface area contributed by atoms with E-state index in [1.54, 1.807) is 4.57 Å². The number of hydrogen-bond donors (Lipinski definition) is 0. The van der Waals surface area contributed by atoms with Crippen molar-refractivity contribution in [3.8, 4) is 0 Å². The molecule has 1 aliphatic rings. The topological polar surface area (TPSA) is 75.7 Å². The molecule has 0 unspecified atom stereocenters. The highest BCUT2D eigenvalue weighted by Crippen LogP contribution is 2.24. The third-order valence-electron chi connectivity index (χ3n) is 7.13. The Labute approximate surface area is 208 Å².